The van der Waals surface area contributed by atoms with Crippen LogP contribution in [0, 0.1) is 10.1 Å². The number of carbonyl (C=O) groups is 2. The van der Waals surface area contributed by atoms with Gasteiger partial charge in [-0.15, -0.1) is 0 Å². The average Bonchev–Trinajstić information content (AvgIpc) is 2.74. The molecule has 2 amide bonds. The van der Waals surface area contributed by atoms with Crippen LogP contribution in [0.15, 0.2) is 42.5 Å². The second-order valence-corrected chi connectivity index (χ2v) is 7.54. The van der Waals surface area contributed by atoms with E-state index in [9.17, 15) is 19.7 Å². The first-order chi connectivity index (χ1) is 14.4. The van der Waals surface area contributed by atoms with Crippen molar-refractivity contribution in [2.75, 3.05) is 36.4 Å². The first kappa shape index (κ1) is 19.8. The quantitative estimate of drug-likeness (QED) is 0.574. The maximum atomic E-state index is 12.1. The number of piperazine rings is 1. The molecule has 2 heterocycles. The first-order valence-corrected chi connectivity index (χ1v) is 9.88. The standard InChI is InChI=1S/C21H23N5O4/c22-21(28)20(14-4-2-1-3-5-14)25-10-8-24(9-11-25)17-13-16-15(6-7-19(27)23-16)12-18(17)26(29)30/h1-5,12-13,20H,6-11H2,(H2,22,28)(H,23,27). The fraction of sp³-hybridized carbons (Fsp3) is 0.333. The third-order valence-electron chi connectivity index (χ3n) is 5.70. The summed E-state index contributed by atoms with van der Waals surface area (Å²) in [7, 11) is 0. The molecular formula is C21H23N5O4. The van der Waals surface area contributed by atoms with E-state index in [-0.39, 0.29) is 16.5 Å². The number of nitrogens with zero attached hydrogens (tertiary/aromatic N) is 3. The minimum absolute atomic E-state index is 0.0351. The smallest absolute Gasteiger partial charge is 0.292 e. The van der Waals surface area contributed by atoms with Crippen LogP contribution < -0.4 is 16.0 Å². The molecule has 3 N–H and O–H groups in total. The summed E-state index contributed by atoms with van der Waals surface area (Å²) >= 11 is 0. The molecule has 2 aromatic rings. The van der Waals surface area contributed by atoms with Crippen LogP contribution >= 0.6 is 0 Å². The Morgan fingerprint density at radius 3 is 2.43 bits per heavy atom. The molecule has 0 spiro atoms. The number of hydrogen-bond acceptors (Lipinski definition) is 6. The normalized spacial score (nSPS) is 17.7. The maximum absolute atomic E-state index is 12.1. The van der Waals surface area contributed by atoms with Crippen LogP contribution in [0.25, 0.3) is 0 Å². The van der Waals surface area contributed by atoms with Gasteiger partial charge >= 0.3 is 0 Å². The highest BCUT2D eigenvalue weighted by Gasteiger charge is 2.32. The van der Waals surface area contributed by atoms with Gasteiger partial charge in [-0.05, 0) is 23.6 Å². The molecule has 30 heavy (non-hydrogen) atoms. The SMILES string of the molecule is NC(=O)C(c1ccccc1)N1CCN(c2cc3c(cc2[N+](=O)[O-])CCC(=O)N3)CC1. The second kappa shape index (κ2) is 8.11. The van der Waals surface area contributed by atoms with Crippen molar-refractivity contribution < 1.29 is 14.5 Å². The van der Waals surface area contributed by atoms with Crippen molar-refractivity contribution in [3.63, 3.8) is 0 Å². The lowest BCUT2D eigenvalue weighted by molar-refractivity contribution is -0.384. The second-order valence-electron chi connectivity index (χ2n) is 7.54. The van der Waals surface area contributed by atoms with Crippen LogP contribution in [-0.4, -0.2) is 47.8 Å². The van der Waals surface area contributed by atoms with Crippen LogP contribution in [0.1, 0.15) is 23.6 Å². The third-order valence-corrected chi connectivity index (χ3v) is 5.70. The Hall–Kier alpha value is -3.46. The van der Waals surface area contributed by atoms with Gasteiger partial charge in [0.15, 0.2) is 0 Å². The van der Waals surface area contributed by atoms with E-state index >= 15 is 0 Å². The minimum atomic E-state index is -0.536. The van der Waals surface area contributed by atoms with Crippen LogP contribution in [0.3, 0.4) is 0 Å². The zero-order chi connectivity index (χ0) is 21.3. The minimum Gasteiger partial charge on any atom is -0.368 e. The molecule has 0 bridgehead atoms. The Morgan fingerprint density at radius 1 is 1.10 bits per heavy atom. The summed E-state index contributed by atoms with van der Waals surface area (Å²) < 4.78 is 0. The average molecular weight is 409 g/mol. The van der Waals surface area contributed by atoms with Gasteiger partial charge in [0.2, 0.25) is 11.8 Å². The van der Waals surface area contributed by atoms with Crippen molar-refractivity contribution in [3.05, 3.63) is 63.7 Å². The highest BCUT2D eigenvalue weighted by molar-refractivity contribution is 5.95. The number of carbonyl (C=O) groups excluding carboxylic acids is 2. The third kappa shape index (κ3) is 3.84. The van der Waals surface area contributed by atoms with E-state index in [1.165, 1.54) is 0 Å². The molecule has 2 aliphatic rings. The van der Waals surface area contributed by atoms with Crippen LogP contribution in [-0.2, 0) is 16.0 Å². The number of nitro benzene ring substituents is 1. The fourth-order valence-electron chi connectivity index (χ4n) is 4.22. The molecule has 0 radical (unpaired) electrons. The Kier molecular flexibility index (Phi) is 5.37. The van der Waals surface area contributed by atoms with Crippen molar-refractivity contribution >= 4 is 28.9 Å². The molecule has 4 rings (SSSR count). The molecule has 0 aliphatic carbocycles. The van der Waals surface area contributed by atoms with Gasteiger partial charge < -0.3 is 16.0 Å². The molecule has 2 aromatic carbocycles. The van der Waals surface area contributed by atoms with E-state index in [0.717, 1.165) is 11.1 Å². The predicted molar refractivity (Wildman–Crippen MR) is 112 cm³/mol. The molecule has 1 unspecified atom stereocenters. The van der Waals surface area contributed by atoms with Crippen LogP contribution in [0.2, 0.25) is 0 Å². The van der Waals surface area contributed by atoms with E-state index < -0.39 is 11.9 Å². The first-order valence-electron chi connectivity index (χ1n) is 9.88. The zero-order valence-electron chi connectivity index (χ0n) is 16.4. The number of fused-ring (bicyclic) bond motifs is 1. The van der Waals surface area contributed by atoms with Crippen molar-refractivity contribution in [1.82, 2.24) is 4.90 Å². The van der Waals surface area contributed by atoms with E-state index in [2.05, 4.69) is 5.32 Å². The number of primary amides is 1. The van der Waals surface area contributed by atoms with Gasteiger partial charge in [0.1, 0.15) is 11.7 Å². The monoisotopic (exact) mass is 409 g/mol. The summed E-state index contributed by atoms with van der Waals surface area (Å²) in [5.74, 6) is -0.503. The van der Waals surface area contributed by atoms with Gasteiger partial charge in [0, 0.05) is 44.4 Å². The number of aryl methyl sites for hydroxylation is 1. The molecular weight excluding hydrogens is 386 g/mol. The lowest BCUT2D eigenvalue weighted by atomic mass is 10.0. The number of nitro groups is 1. The zero-order valence-corrected chi connectivity index (χ0v) is 16.4. The number of rotatable bonds is 5. The van der Waals surface area contributed by atoms with Crippen molar-refractivity contribution in [1.29, 1.82) is 0 Å². The molecule has 1 fully saturated rings. The maximum Gasteiger partial charge on any atom is 0.292 e. The molecule has 0 saturated carbocycles. The Labute approximate surface area is 173 Å². The summed E-state index contributed by atoms with van der Waals surface area (Å²) in [6, 6.07) is 12.1. The lowest BCUT2D eigenvalue weighted by Gasteiger charge is -2.39. The van der Waals surface area contributed by atoms with Crippen molar-refractivity contribution in [2.45, 2.75) is 18.9 Å². The largest absolute Gasteiger partial charge is 0.368 e. The summed E-state index contributed by atoms with van der Waals surface area (Å²) in [6.07, 6.45) is 0.823. The summed E-state index contributed by atoms with van der Waals surface area (Å²) in [4.78, 5) is 39.1. The summed E-state index contributed by atoms with van der Waals surface area (Å²) in [6.45, 7) is 2.07. The molecule has 9 nitrogen and oxygen atoms in total. The van der Waals surface area contributed by atoms with E-state index in [4.69, 9.17) is 5.73 Å². The number of nitrogens with two attached hydrogens (primary N) is 1. The van der Waals surface area contributed by atoms with Gasteiger partial charge in [-0.1, -0.05) is 30.3 Å². The van der Waals surface area contributed by atoms with Gasteiger partial charge in [0.25, 0.3) is 5.69 Å². The van der Waals surface area contributed by atoms with Crippen molar-refractivity contribution in [3.8, 4) is 0 Å². The van der Waals surface area contributed by atoms with Gasteiger partial charge in [-0.25, -0.2) is 0 Å². The predicted octanol–water partition coefficient (Wildman–Crippen LogP) is 1.83. The summed E-state index contributed by atoms with van der Waals surface area (Å²) in [5.41, 5.74) is 8.44. The Balaban J connectivity index is 1.56. The number of benzene rings is 2. The van der Waals surface area contributed by atoms with E-state index in [1.54, 1.807) is 12.1 Å². The van der Waals surface area contributed by atoms with Gasteiger partial charge in [0.05, 0.1) is 4.92 Å². The molecule has 0 aromatic heterocycles. The number of nitrogens with one attached hydrogen (secondary N) is 1. The Bertz CT molecular complexity index is 986. The number of amides is 2. The molecule has 156 valence electrons. The van der Waals surface area contributed by atoms with E-state index in [0.29, 0.717) is 50.4 Å². The Morgan fingerprint density at radius 2 is 1.80 bits per heavy atom. The van der Waals surface area contributed by atoms with Crippen molar-refractivity contribution in [2.24, 2.45) is 5.73 Å². The van der Waals surface area contributed by atoms with E-state index in [1.807, 2.05) is 40.1 Å². The van der Waals surface area contributed by atoms with Gasteiger partial charge in [-0.3, -0.25) is 24.6 Å². The fourth-order valence-corrected chi connectivity index (χ4v) is 4.22. The number of anilines is 2. The van der Waals surface area contributed by atoms with Crippen LogP contribution in [0.4, 0.5) is 17.1 Å². The number of hydrogen-bond donors (Lipinski definition) is 2. The molecule has 9 heteroatoms. The summed E-state index contributed by atoms with van der Waals surface area (Å²) in [5, 5.41) is 14.5. The molecule has 1 atom stereocenters. The van der Waals surface area contributed by atoms with Crippen LogP contribution in [0.5, 0.6) is 0 Å². The highest BCUT2D eigenvalue weighted by Crippen LogP contribution is 2.37. The topological polar surface area (TPSA) is 122 Å². The van der Waals surface area contributed by atoms with Gasteiger partial charge in [-0.2, -0.15) is 0 Å². The lowest BCUT2D eigenvalue weighted by Crippen LogP contribution is -2.50. The molecule has 2 aliphatic heterocycles. The molecule has 1 saturated heterocycles. The highest BCUT2D eigenvalue weighted by atomic mass is 16.6.